The number of hydrogen-bond acceptors (Lipinski definition) is 2. The average Bonchev–Trinajstić information content (AvgIpc) is 2.64. The van der Waals surface area contributed by atoms with Gasteiger partial charge in [-0.3, -0.25) is 0 Å². The summed E-state index contributed by atoms with van der Waals surface area (Å²) in [7, 11) is 0. The van der Waals surface area contributed by atoms with E-state index in [-0.39, 0.29) is 26.2 Å². The molecule has 3 rings (SSSR count). The van der Waals surface area contributed by atoms with Gasteiger partial charge in [0.1, 0.15) is 6.10 Å². The average molecular weight is 357 g/mol. The number of hydrogen-bond donors (Lipinski definition) is 1. The van der Waals surface area contributed by atoms with E-state index < -0.39 is 0 Å². The van der Waals surface area contributed by atoms with Crippen molar-refractivity contribution in [1.82, 2.24) is 0 Å². The Morgan fingerprint density at radius 3 is 2.40 bits per heavy atom. The first kappa shape index (κ1) is 21.2. The van der Waals surface area contributed by atoms with Crippen molar-refractivity contribution in [2.75, 3.05) is 13.2 Å². The number of aliphatic hydroxyl groups excluding tert-OH is 1. The number of rotatable bonds is 5. The minimum Gasteiger partial charge on any atom is -0.396 e. The van der Waals surface area contributed by atoms with Crippen LogP contribution in [0.5, 0.6) is 0 Å². The zero-order chi connectivity index (χ0) is 17.2. The lowest BCUT2D eigenvalue weighted by Crippen LogP contribution is -2.14. The minimum atomic E-state index is 0. The van der Waals surface area contributed by atoms with Gasteiger partial charge in [-0.1, -0.05) is 60.7 Å². The molecular formula is C22H28O2S. The zero-order valence-corrected chi connectivity index (χ0v) is 15.7. The third kappa shape index (κ3) is 6.20. The summed E-state index contributed by atoms with van der Waals surface area (Å²) >= 11 is 0. The summed E-state index contributed by atoms with van der Waals surface area (Å²) in [6.45, 7) is 8.48. The molecule has 0 saturated heterocycles. The molecule has 0 saturated carbocycles. The highest BCUT2D eigenvalue weighted by Gasteiger charge is 2.16. The monoisotopic (exact) mass is 356 g/mol. The van der Waals surface area contributed by atoms with Crippen LogP contribution in [0.3, 0.4) is 0 Å². The molecule has 25 heavy (non-hydrogen) atoms. The van der Waals surface area contributed by atoms with E-state index in [1.54, 1.807) is 0 Å². The number of aliphatic hydroxyl groups is 1. The smallest absolute Gasteiger partial charge is 0.101 e. The molecule has 2 aromatic rings. The Labute approximate surface area is 158 Å². The quantitative estimate of drug-likeness (QED) is 0.797. The van der Waals surface area contributed by atoms with E-state index in [9.17, 15) is 0 Å². The summed E-state index contributed by atoms with van der Waals surface area (Å²) in [5.74, 6) is 0. The molecule has 0 aromatic heterocycles. The molecule has 1 heterocycles. The molecule has 1 N–H and O–H groups in total. The lowest BCUT2D eigenvalue weighted by molar-refractivity contribution is 0.0752. The molecule has 0 unspecified atom stereocenters. The van der Waals surface area contributed by atoms with Crippen molar-refractivity contribution in [2.24, 2.45) is 0 Å². The fourth-order valence-corrected chi connectivity index (χ4v) is 2.90. The Hall–Kier alpha value is -1.81. The Kier molecular flexibility index (Phi) is 9.93. The van der Waals surface area contributed by atoms with Crippen molar-refractivity contribution in [3.8, 4) is 0 Å². The van der Waals surface area contributed by atoms with Gasteiger partial charge >= 0.3 is 0 Å². The standard InChI is InChI=1S/C11H12O.C11H14O.H2S/c1-2-11-10-6-4-3-5-9(10)7-8-12-11;1-2-5-10-6-3-4-7-11(10)8-9-12;/h2-6,11H,1,7-8H2;2-4,6-7,12H,1,5,8-9H2;1H2/t11-;;/m0../s1. The predicted octanol–water partition coefficient (Wildman–Crippen LogP) is 4.55. The van der Waals surface area contributed by atoms with Crippen LogP contribution in [0, 0.1) is 0 Å². The van der Waals surface area contributed by atoms with Crippen molar-refractivity contribution >= 4 is 13.5 Å². The molecule has 2 aromatic carbocycles. The molecule has 1 atom stereocenters. The number of allylic oxidation sites excluding steroid dienone is 1. The van der Waals surface area contributed by atoms with E-state index >= 15 is 0 Å². The van der Waals surface area contributed by atoms with E-state index in [1.807, 2.05) is 30.4 Å². The Bertz CT molecular complexity index is 667. The van der Waals surface area contributed by atoms with Gasteiger partial charge in [0.2, 0.25) is 0 Å². The van der Waals surface area contributed by atoms with Crippen molar-refractivity contribution < 1.29 is 9.84 Å². The van der Waals surface area contributed by atoms with Gasteiger partial charge < -0.3 is 9.84 Å². The molecule has 1 aliphatic rings. The first-order valence-electron chi connectivity index (χ1n) is 8.40. The van der Waals surface area contributed by atoms with Gasteiger partial charge in [-0.05, 0) is 41.5 Å². The largest absolute Gasteiger partial charge is 0.396 e. The highest BCUT2D eigenvalue weighted by molar-refractivity contribution is 7.59. The fraction of sp³-hybridized carbons (Fsp3) is 0.273. The van der Waals surface area contributed by atoms with Crippen LogP contribution in [-0.4, -0.2) is 18.3 Å². The van der Waals surface area contributed by atoms with Gasteiger partial charge in [-0.15, -0.1) is 13.2 Å². The van der Waals surface area contributed by atoms with E-state index in [4.69, 9.17) is 9.84 Å². The Balaban J connectivity index is 0.000000240. The normalized spacial score (nSPS) is 15.0. The number of benzene rings is 2. The first-order chi connectivity index (χ1) is 11.8. The van der Waals surface area contributed by atoms with Gasteiger partial charge in [0.25, 0.3) is 0 Å². The Morgan fingerprint density at radius 2 is 1.72 bits per heavy atom. The molecule has 0 amide bonds. The molecule has 134 valence electrons. The van der Waals surface area contributed by atoms with Crippen LogP contribution in [-0.2, 0) is 24.0 Å². The molecule has 0 bridgehead atoms. The van der Waals surface area contributed by atoms with E-state index in [0.717, 1.165) is 25.9 Å². The Morgan fingerprint density at radius 1 is 1.04 bits per heavy atom. The molecule has 3 heteroatoms. The van der Waals surface area contributed by atoms with Crippen molar-refractivity contribution in [3.05, 3.63) is 96.1 Å². The van der Waals surface area contributed by atoms with Crippen molar-refractivity contribution in [3.63, 3.8) is 0 Å². The first-order valence-corrected chi connectivity index (χ1v) is 8.40. The zero-order valence-electron chi connectivity index (χ0n) is 14.7. The summed E-state index contributed by atoms with van der Waals surface area (Å²) in [4.78, 5) is 0. The maximum Gasteiger partial charge on any atom is 0.101 e. The van der Waals surface area contributed by atoms with Gasteiger partial charge in [0, 0.05) is 6.61 Å². The van der Waals surface area contributed by atoms with Gasteiger partial charge in [-0.2, -0.15) is 13.5 Å². The lowest BCUT2D eigenvalue weighted by Gasteiger charge is -2.23. The molecule has 0 fully saturated rings. The molecule has 2 nitrogen and oxygen atoms in total. The van der Waals surface area contributed by atoms with E-state index in [2.05, 4.69) is 43.5 Å². The van der Waals surface area contributed by atoms with Crippen LogP contribution < -0.4 is 0 Å². The second-order valence-corrected chi connectivity index (χ2v) is 5.71. The van der Waals surface area contributed by atoms with E-state index in [1.165, 1.54) is 22.3 Å². The predicted molar refractivity (Wildman–Crippen MR) is 111 cm³/mol. The van der Waals surface area contributed by atoms with Crippen LogP contribution in [0.4, 0.5) is 0 Å². The van der Waals surface area contributed by atoms with Crippen LogP contribution in [0.25, 0.3) is 0 Å². The van der Waals surface area contributed by atoms with Gasteiger partial charge in [0.05, 0.1) is 6.61 Å². The van der Waals surface area contributed by atoms with Crippen LogP contribution >= 0.6 is 13.5 Å². The summed E-state index contributed by atoms with van der Waals surface area (Å²) in [5, 5.41) is 8.79. The number of fused-ring (bicyclic) bond motifs is 1. The second kappa shape index (κ2) is 11.7. The van der Waals surface area contributed by atoms with Crippen LogP contribution in [0.15, 0.2) is 73.8 Å². The highest BCUT2D eigenvalue weighted by atomic mass is 32.1. The SMILES string of the molecule is C=CCc1ccccc1CCO.C=C[C@@H]1OCCc2ccccc21.S. The lowest BCUT2D eigenvalue weighted by atomic mass is 9.98. The summed E-state index contributed by atoms with van der Waals surface area (Å²) in [5.41, 5.74) is 5.16. The fourth-order valence-electron chi connectivity index (χ4n) is 2.90. The second-order valence-electron chi connectivity index (χ2n) is 5.71. The van der Waals surface area contributed by atoms with Crippen LogP contribution in [0.1, 0.15) is 28.4 Å². The van der Waals surface area contributed by atoms with Crippen LogP contribution in [0.2, 0.25) is 0 Å². The minimum absolute atomic E-state index is 0. The molecule has 0 aliphatic carbocycles. The summed E-state index contributed by atoms with van der Waals surface area (Å²) in [6.07, 6.45) is 6.50. The topological polar surface area (TPSA) is 29.5 Å². The number of ether oxygens (including phenoxy) is 1. The maximum absolute atomic E-state index is 8.79. The summed E-state index contributed by atoms with van der Waals surface area (Å²) in [6, 6.07) is 16.5. The third-order valence-corrected chi connectivity index (χ3v) is 4.11. The van der Waals surface area contributed by atoms with E-state index in [0.29, 0.717) is 0 Å². The van der Waals surface area contributed by atoms with Gasteiger partial charge in [-0.25, -0.2) is 0 Å². The summed E-state index contributed by atoms with van der Waals surface area (Å²) < 4.78 is 5.54. The molecule has 1 aliphatic heterocycles. The molecule has 0 radical (unpaired) electrons. The maximum atomic E-state index is 8.79. The highest BCUT2D eigenvalue weighted by Crippen LogP contribution is 2.27. The molecular weight excluding hydrogens is 328 g/mol. The van der Waals surface area contributed by atoms with Gasteiger partial charge in [0.15, 0.2) is 0 Å². The molecule has 0 spiro atoms. The third-order valence-electron chi connectivity index (χ3n) is 4.11. The van der Waals surface area contributed by atoms with Crippen molar-refractivity contribution in [1.29, 1.82) is 0 Å². The van der Waals surface area contributed by atoms with Crippen molar-refractivity contribution in [2.45, 2.75) is 25.4 Å².